The van der Waals surface area contributed by atoms with E-state index < -0.39 is 0 Å². The highest BCUT2D eigenvalue weighted by Crippen LogP contribution is 2.25. The van der Waals surface area contributed by atoms with Gasteiger partial charge in [-0.25, -0.2) is 4.39 Å². The SMILES string of the molecule is Cc1cc(C)n(CC(=O)N2C[C@@H]3[C@@H](C2)OCC(=O)N3Cc2ccc(F)cc2)n1. The van der Waals surface area contributed by atoms with E-state index >= 15 is 0 Å². The first kappa shape index (κ1) is 18.6. The van der Waals surface area contributed by atoms with Crippen LogP contribution < -0.4 is 0 Å². The molecule has 0 N–H and O–H groups in total. The van der Waals surface area contributed by atoms with Crippen LogP contribution in [0, 0.1) is 19.7 Å². The molecule has 2 fully saturated rings. The standard InChI is InChI=1S/C20H23FN4O3/c1-13-7-14(2)25(22-13)11-19(26)23-9-17-18(10-23)28-12-20(27)24(17)8-15-3-5-16(21)6-4-15/h3-7,17-18H,8-12H2,1-2H3/t17-,18-/m1/s1. The van der Waals surface area contributed by atoms with Gasteiger partial charge in [0.05, 0.1) is 17.8 Å². The van der Waals surface area contributed by atoms with Crippen LogP contribution in [-0.2, 0) is 27.4 Å². The van der Waals surface area contributed by atoms with Gasteiger partial charge in [0.15, 0.2) is 0 Å². The van der Waals surface area contributed by atoms with Crippen molar-refractivity contribution in [1.29, 1.82) is 0 Å². The van der Waals surface area contributed by atoms with E-state index in [1.165, 1.54) is 12.1 Å². The first-order chi connectivity index (χ1) is 13.4. The maximum Gasteiger partial charge on any atom is 0.249 e. The van der Waals surface area contributed by atoms with Crippen LogP contribution in [0.4, 0.5) is 4.39 Å². The highest BCUT2D eigenvalue weighted by Gasteiger charge is 2.44. The van der Waals surface area contributed by atoms with E-state index in [9.17, 15) is 14.0 Å². The quantitative estimate of drug-likeness (QED) is 0.794. The topological polar surface area (TPSA) is 67.7 Å². The molecular weight excluding hydrogens is 363 g/mol. The van der Waals surface area contributed by atoms with Gasteiger partial charge in [0.25, 0.3) is 0 Å². The molecule has 3 heterocycles. The Kier molecular flexibility index (Phi) is 4.89. The molecular formula is C20H23FN4O3. The fourth-order valence-corrected chi connectivity index (χ4v) is 3.92. The van der Waals surface area contributed by atoms with Crippen molar-refractivity contribution in [3.8, 4) is 0 Å². The monoisotopic (exact) mass is 386 g/mol. The van der Waals surface area contributed by atoms with Gasteiger partial charge in [-0.05, 0) is 37.6 Å². The summed E-state index contributed by atoms with van der Waals surface area (Å²) in [6, 6.07) is 7.86. The second kappa shape index (κ2) is 7.35. The van der Waals surface area contributed by atoms with Crippen LogP contribution in [0.3, 0.4) is 0 Å². The van der Waals surface area contributed by atoms with Gasteiger partial charge < -0.3 is 14.5 Å². The number of rotatable bonds is 4. The Morgan fingerprint density at radius 3 is 2.68 bits per heavy atom. The van der Waals surface area contributed by atoms with E-state index in [1.807, 2.05) is 19.9 Å². The Morgan fingerprint density at radius 2 is 2.00 bits per heavy atom. The van der Waals surface area contributed by atoms with Crippen molar-refractivity contribution in [2.24, 2.45) is 0 Å². The van der Waals surface area contributed by atoms with Crippen LogP contribution in [0.1, 0.15) is 17.0 Å². The summed E-state index contributed by atoms with van der Waals surface area (Å²) >= 11 is 0. The van der Waals surface area contributed by atoms with Crippen LogP contribution in [0.25, 0.3) is 0 Å². The second-order valence-corrected chi connectivity index (χ2v) is 7.45. The minimum absolute atomic E-state index is 0.00184. The lowest BCUT2D eigenvalue weighted by molar-refractivity contribution is -0.153. The number of hydrogen-bond donors (Lipinski definition) is 0. The average Bonchev–Trinajstić information content (AvgIpc) is 3.22. The summed E-state index contributed by atoms with van der Waals surface area (Å²) < 4.78 is 20.5. The molecule has 2 atom stereocenters. The largest absolute Gasteiger partial charge is 0.364 e. The van der Waals surface area contributed by atoms with Gasteiger partial charge in [0.1, 0.15) is 19.0 Å². The van der Waals surface area contributed by atoms with Gasteiger partial charge in [-0.1, -0.05) is 12.1 Å². The van der Waals surface area contributed by atoms with Gasteiger partial charge in [-0.2, -0.15) is 5.10 Å². The number of carbonyl (C=O) groups is 2. The van der Waals surface area contributed by atoms with Crippen molar-refractivity contribution in [2.45, 2.75) is 39.1 Å². The molecule has 2 amide bonds. The van der Waals surface area contributed by atoms with Gasteiger partial charge in [0.2, 0.25) is 11.8 Å². The molecule has 0 spiro atoms. The average molecular weight is 386 g/mol. The number of halogens is 1. The fraction of sp³-hybridized carbons (Fsp3) is 0.450. The van der Waals surface area contributed by atoms with Gasteiger partial charge in [-0.3, -0.25) is 14.3 Å². The summed E-state index contributed by atoms with van der Waals surface area (Å²) in [5, 5.41) is 4.35. The molecule has 0 unspecified atom stereocenters. The normalized spacial score (nSPS) is 21.9. The molecule has 148 valence electrons. The Hall–Kier alpha value is -2.74. The number of hydrogen-bond acceptors (Lipinski definition) is 4. The summed E-state index contributed by atoms with van der Waals surface area (Å²) in [5.41, 5.74) is 2.66. The molecule has 28 heavy (non-hydrogen) atoms. The smallest absolute Gasteiger partial charge is 0.249 e. The molecule has 1 aromatic heterocycles. The number of morpholine rings is 1. The minimum Gasteiger partial charge on any atom is -0.364 e. The zero-order valence-corrected chi connectivity index (χ0v) is 16.0. The zero-order chi connectivity index (χ0) is 19.8. The molecule has 4 rings (SSSR count). The number of fused-ring (bicyclic) bond motifs is 1. The van der Waals surface area contributed by atoms with Crippen LogP contribution in [0.2, 0.25) is 0 Å². The van der Waals surface area contributed by atoms with Crippen molar-refractivity contribution in [3.63, 3.8) is 0 Å². The molecule has 1 aromatic carbocycles. The molecule has 0 bridgehead atoms. The molecule has 7 nitrogen and oxygen atoms in total. The number of likely N-dealkylation sites (tertiary alicyclic amines) is 1. The molecule has 2 aliphatic heterocycles. The molecule has 0 aliphatic carbocycles. The number of benzene rings is 1. The van der Waals surface area contributed by atoms with E-state index in [0.717, 1.165) is 17.0 Å². The molecule has 8 heteroatoms. The highest BCUT2D eigenvalue weighted by atomic mass is 19.1. The summed E-state index contributed by atoms with van der Waals surface area (Å²) in [7, 11) is 0. The zero-order valence-electron chi connectivity index (χ0n) is 16.0. The Morgan fingerprint density at radius 1 is 1.25 bits per heavy atom. The van der Waals surface area contributed by atoms with Crippen molar-refractivity contribution in [3.05, 3.63) is 53.1 Å². The van der Waals surface area contributed by atoms with E-state index in [2.05, 4.69) is 5.10 Å². The van der Waals surface area contributed by atoms with Crippen LogP contribution in [0.5, 0.6) is 0 Å². The summed E-state index contributed by atoms with van der Waals surface area (Å²) in [6.45, 7) is 5.25. The van der Waals surface area contributed by atoms with E-state index in [1.54, 1.807) is 26.6 Å². The first-order valence-corrected chi connectivity index (χ1v) is 9.35. The van der Waals surface area contributed by atoms with Crippen molar-refractivity contribution >= 4 is 11.8 Å². The Labute approximate surface area is 162 Å². The summed E-state index contributed by atoms with van der Waals surface area (Å²) in [6.07, 6.45) is -0.206. The lowest BCUT2D eigenvalue weighted by atomic mass is 10.1. The molecule has 0 saturated carbocycles. The van der Waals surface area contributed by atoms with E-state index in [-0.39, 0.29) is 42.9 Å². The molecule has 2 saturated heterocycles. The highest BCUT2D eigenvalue weighted by molar-refractivity contribution is 5.80. The number of amides is 2. The number of nitrogens with zero attached hydrogens (tertiary/aromatic N) is 4. The summed E-state index contributed by atoms with van der Waals surface area (Å²) in [5.74, 6) is -0.464. The maximum atomic E-state index is 13.2. The Bertz CT molecular complexity index is 895. The molecule has 2 aromatic rings. The van der Waals surface area contributed by atoms with Gasteiger partial charge in [0, 0.05) is 25.3 Å². The van der Waals surface area contributed by atoms with Crippen molar-refractivity contribution < 1.29 is 18.7 Å². The predicted molar refractivity (Wildman–Crippen MR) is 98.8 cm³/mol. The predicted octanol–water partition coefficient (Wildman–Crippen LogP) is 1.28. The maximum absolute atomic E-state index is 13.2. The number of ether oxygens (including phenoxy) is 1. The number of aryl methyl sites for hydroxylation is 2. The molecule has 0 radical (unpaired) electrons. The lowest BCUT2D eigenvalue weighted by Gasteiger charge is -2.36. The van der Waals surface area contributed by atoms with E-state index in [4.69, 9.17) is 4.74 Å². The third-order valence-electron chi connectivity index (χ3n) is 5.39. The fourth-order valence-electron chi connectivity index (χ4n) is 3.92. The lowest BCUT2D eigenvalue weighted by Crippen LogP contribution is -2.53. The van der Waals surface area contributed by atoms with Crippen LogP contribution >= 0.6 is 0 Å². The number of carbonyl (C=O) groups excluding carboxylic acids is 2. The Balaban J connectivity index is 1.46. The third-order valence-corrected chi connectivity index (χ3v) is 5.39. The van der Waals surface area contributed by atoms with Crippen LogP contribution in [0.15, 0.2) is 30.3 Å². The van der Waals surface area contributed by atoms with E-state index in [0.29, 0.717) is 19.6 Å². The second-order valence-electron chi connectivity index (χ2n) is 7.45. The minimum atomic E-state index is -0.309. The van der Waals surface area contributed by atoms with Crippen molar-refractivity contribution in [2.75, 3.05) is 19.7 Å². The number of aromatic nitrogens is 2. The van der Waals surface area contributed by atoms with Gasteiger partial charge >= 0.3 is 0 Å². The summed E-state index contributed by atoms with van der Waals surface area (Å²) in [4.78, 5) is 28.7. The molecule has 2 aliphatic rings. The first-order valence-electron chi connectivity index (χ1n) is 9.35. The van der Waals surface area contributed by atoms with Crippen molar-refractivity contribution in [1.82, 2.24) is 19.6 Å². The third kappa shape index (κ3) is 3.64. The van der Waals surface area contributed by atoms with Crippen LogP contribution in [-0.4, -0.2) is 63.2 Å². The van der Waals surface area contributed by atoms with Gasteiger partial charge in [-0.15, -0.1) is 0 Å².